The first-order chi connectivity index (χ1) is 53.1. The zero-order chi connectivity index (χ0) is 73.1. The molecule has 1 unspecified atom stereocenters. The molecule has 4 nitrogen and oxygen atoms in total. The molecule has 14 aromatic rings. The molecule has 1 atom stereocenters. The molecule has 0 fully saturated rings. The van der Waals surface area contributed by atoms with Crippen molar-refractivity contribution in [2.24, 2.45) is 0 Å². The van der Waals surface area contributed by atoms with Gasteiger partial charge in [0.2, 0.25) is 0 Å². The summed E-state index contributed by atoms with van der Waals surface area (Å²) in [7, 11) is 0. The van der Waals surface area contributed by atoms with E-state index in [9.17, 15) is 0 Å². The molecule has 0 saturated carbocycles. The van der Waals surface area contributed by atoms with Crippen LogP contribution in [0.2, 0.25) is 0 Å². The van der Waals surface area contributed by atoms with Gasteiger partial charge in [-0.05, 0) is 296 Å². The monoisotopic (exact) mass is 1400 g/mol. The molecule has 0 aliphatic heterocycles. The first-order valence-electron chi connectivity index (χ1n) is 39.8. The first-order valence-corrected chi connectivity index (χ1v) is 39.8. The summed E-state index contributed by atoms with van der Waals surface area (Å²) in [5.74, 6) is 0. The smallest absolute Gasteiger partial charge is 0.0465 e. The third kappa shape index (κ3) is 13.6. The molecule has 4 heteroatoms. The predicted molar refractivity (Wildman–Crippen MR) is 460 cm³/mol. The zero-order valence-corrected chi connectivity index (χ0v) is 63.2. The number of aryl methyl sites for hydroxylation is 4. The number of nitrogens with zero attached hydrogens (tertiary/aromatic N) is 3. The third-order valence-electron chi connectivity index (χ3n) is 24.2. The number of nitrogens with one attached hydrogen (secondary N) is 1. The zero-order valence-electron chi connectivity index (χ0n) is 63.2. The van der Waals surface area contributed by atoms with Gasteiger partial charge in [-0.15, -0.1) is 0 Å². The fourth-order valence-electron chi connectivity index (χ4n) is 17.3. The van der Waals surface area contributed by atoms with E-state index in [1.165, 1.54) is 146 Å². The standard InChI is InChI=1S/C104H96N4/c1-6-10-11-18-68-104(67-7-2)101-71-87(103(5,8-3)9-4)47-65-99(101)100-66-64-98(72-102(100)104)108(97-62-45-82(46-63-97)86-30-26-80-24-28-84(80)70-86)96-60-43-78(44-61-96)77-41-58-95(59-42-77)107(91-21-16-13-17-22-91)94-56-39-76(40-57-94)75-37-54-93(55-38-75)106(90-19-14-12-15-20-90)92-52-35-74(36-53-92)73-31-48-88(49-32-73)105-89-50-33-81(34-51-89)85-29-25-79-23-27-83(79)69-85/h12-17,19-22,25-26,29-66,69-72,105H,6-11,18,23-24,27-28,67-68H2,1-5H3. The normalized spacial score (nSPS) is 13.8. The highest BCUT2D eigenvalue weighted by Crippen LogP contribution is 2.57. The highest BCUT2D eigenvalue weighted by Gasteiger charge is 2.43. The fraction of sp³-hybridized carbons (Fsp3) is 0.192. The summed E-state index contributed by atoms with van der Waals surface area (Å²) in [5, 5.41) is 3.61. The lowest BCUT2D eigenvalue weighted by Crippen LogP contribution is -2.27. The second kappa shape index (κ2) is 30.3. The van der Waals surface area contributed by atoms with Gasteiger partial charge in [-0.25, -0.2) is 0 Å². The van der Waals surface area contributed by atoms with Crippen molar-refractivity contribution < 1.29 is 0 Å². The fourth-order valence-corrected chi connectivity index (χ4v) is 17.3. The topological polar surface area (TPSA) is 21.8 Å². The highest BCUT2D eigenvalue weighted by molar-refractivity contribution is 5.89. The minimum absolute atomic E-state index is 0.0626. The molecular weight excluding hydrogens is 1310 g/mol. The number of hydrogen-bond donors (Lipinski definition) is 1. The molecule has 0 radical (unpaired) electrons. The van der Waals surface area contributed by atoms with E-state index in [0.717, 1.165) is 100 Å². The Morgan fingerprint density at radius 2 is 0.602 bits per heavy atom. The Bertz CT molecular complexity index is 5450. The Balaban J connectivity index is 0.619. The molecule has 3 aliphatic rings. The Kier molecular flexibility index (Phi) is 19.4. The van der Waals surface area contributed by atoms with Crippen molar-refractivity contribution in [2.75, 3.05) is 20.0 Å². The summed E-state index contributed by atoms with van der Waals surface area (Å²) in [6.07, 6.45) is 15.4. The van der Waals surface area contributed by atoms with E-state index >= 15 is 0 Å². The molecule has 17 rings (SSSR count). The number of unbranched alkanes of at least 4 members (excludes halogenated alkanes) is 3. The Labute approximate surface area is 640 Å². The van der Waals surface area contributed by atoms with Crippen molar-refractivity contribution in [3.63, 3.8) is 0 Å². The van der Waals surface area contributed by atoms with Gasteiger partial charge in [0, 0.05) is 68.0 Å². The molecule has 0 bridgehead atoms. The number of fused-ring (bicyclic) bond motifs is 5. The van der Waals surface area contributed by atoms with Crippen LogP contribution in [0.3, 0.4) is 0 Å². The molecule has 0 saturated heterocycles. The number of hydrogen-bond acceptors (Lipinski definition) is 4. The van der Waals surface area contributed by atoms with Crippen LogP contribution in [0.25, 0.3) is 66.8 Å². The molecule has 0 amide bonds. The van der Waals surface area contributed by atoms with E-state index in [4.69, 9.17) is 0 Å². The van der Waals surface area contributed by atoms with Crippen molar-refractivity contribution in [3.8, 4) is 66.8 Å². The number of benzene rings is 14. The van der Waals surface area contributed by atoms with E-state index in [1.807, 2.05) is 0 Å². The van der Waals surface area contributed by atoms with E-state index in [2.05, 4.69) is 382 Å². The van der Waals surface area contributed by atoms with E-state index in [0.29, 0.717) is 0 Å². The Morgan fingerprint density at radius 1 is 0.278 bits per heavy atom. The summed E-state index contributed by atoms with van der Waals surface area (Å²) in [4.78, 5) is 7.20. The van der Waals surface area contributed by atoms with Gasteiger partial charge in [0.1, 0.15) is 0 Å². The van der Waals surface area contributed by atoms with Crippen molar-refractivity contribution in [1.29, 1.82) is 0 Å². The molecule has 108 heavy (non-hydrogen) atoms. The molecule has 1 N–H and O–H groups in total. The van der Waals surface area contributed by atoms with Gasteiger partial charge < -0.3 is 20.0 Å². The summed E-state index contributed by atoms with van der Waals surface area (Å²) < 4.78 is 0. The van der Waals surface area contributed by atoms with Crippen LogP contribution in [0.4, 0.5) is 62.6 Å². The number of anilines is 11. The van der Waals surface area contributed by atoms with Gasteiger partial charge in [-0.1, -0.05) is 261 Å². The lowest BCUT2D eigenvalue weighted by molar-refractivity contribution is 0.411. The van der Waals surface area contributed by atoms with Crippen LogP contribution in [0.1, 0.15) is 131 Å². The van der Waals surface area contributed by atoms with Crippen molar-refractivity contribution in [1.82, 2.24) is 0 Å². The summed E-state index contributed by atoms with van der Waals surface area (Å²) in [5.41, 5.74) is 37.7. The van der Waals surface area contributed by atoms with Gasteiger partial charge in [0.05, 0.1) is 0 Å². The predicted octanol–water partition coefficient (Wildman–Crippen LogP) is 29.5. The van der Waals surface area contributed by atoms with Gasteiger partial charge >= 0.3 is 0 Å². The largest absolute Gasteiger partial charge is 0.356 e. The van der Waals surface area contributed by atoms with Crippen molar-refractivity contribution >= 4 is 62.6 Å². The number of para-hydroxylation sites is 2. The van der Waals surface area contributed by atoms with Gasteiger partial charge in [-0.2, -0.15) is 0 Å². The molecular formula is C104H96N4. The second-order valence-electron chi connectivity index (χ2n) is 30.6. The van der Waals surface area contributed by atoms with E-state index in [1.54, 1.807) is 5.56 Å². The lowest BCUT2D eigenvalue weighted by Gasteiger charge is -2.35. The molecule has 14 aromatic carbocycles. The van der Waals surface area contributed by atoms with Gasteiger partial charge in [0.15, 0.2) is 0 Å². The average molecular weight is 1400 g/mol. The molecule has 0 heterocycles. The number of rotatable bonds is 26. The summed E-state index contributed by atoms with van der Waals surface area (Å²) in [6, 6.07) is 123. The third-order valence-corrected chi connectivity index (χ3v) is 24.2. The molecule has 0 aromatic heterocycles. The van der Waals surface area contributed by atoms with Gasteiger partial charge in [0.25, 0.3) is 0 Å². The minimum atomic E-state index is -0.0626. The van der Waals surface area contributed by atoms with Crippen molar-refractivity contribution in [2.45, 2.75) is 129 Å². The first kappa shape index (κ1) is 69.3. The van der Waals surface area contributed by atoms with Crippen LogP contribution in [0.15, 0.2) is 328 Å². The average Bonchev–Trinajstić information content (AvgIpc) is 1.56. The highest BCUT2D eigenvalue weighted by atomic mass is 15.2. The molecule has 0 spiro atoms. The van der Waals surface area contributed by atoms with E-state index in [-0.39, 0.29) is 10.8 Å². The summed E-state index contributed by atoms with van der Waals surface area (Å²) >= 11 is 0. The lowest BCUT2D eigenvalue weighted by atomic mass is 9.69. The van der Waals surface area contributed by atoms with Crippen LogP contribution in [0.5, 0.6) is 0 Å². The van der Waals surface area contributed by atoms with Crippen LogP contribution in [-0.2, 0) is 36.5 Å². The minimum Gasteiger partial charge on any atom is -0.356 e. The van der Waals surface area contributed by atoms with Crippen molar-refractivity contribution in [3.05, 3.63) is 367 Å². The maximum atomic E-state index is 3.61. The quantitative estimate of drug-likeness (QED) is 0.0546. The summed E-state index contributed by atoms with van der Waals surface area (Å²) in [6.45, 7) is 11.9. The Morgan fingerprint density at radius 3 is 0.954 bits per heavy atom. The van der Waals surface area contributed by atoms with Crippen LogP contribution < -0.4 is 20.0 Å². The van der Waals surface area contributed by atoms with Crippen LogP contribution in [-0.4, -0.2) is 0 Å². The second-order valence-corrected chi connectivity index (χ2v) is 30.6. The van der Waals surface area contributed by atoms with Crippen LogP contribution >= 0.6 is 0 Å². The maximum absolute atomic E-state index is 3.61. The SMILES string of the molecule is CCCCCCC1(CCC)c2cc(N(c3ccc(-c4ccc(N(c5ccccc5)c5ccc(-c6ccc(N(c7ccccc7)c7ccc(-c8ccc(Nc9ccc(-c%10ccc%11c(c%10)CC%11)cc9)cc8)cc7)cc6)cc5)cc4)cc3)c3ccc(-c4ccc5c(c4)CC5)cc3)ccc2-c2ccc(C(C)(CC)CC)cc21. The molecule has 3 aliphatic carbocycles. The van der Waals surface area contributed by atoms with Crippen LogP contribution in [0, 0.1) is 0 Å². The van der Waals surface area contributed by atoms with Gasteiger partial charge in [-0.3, -0.25) is 0 Å². The Hall–Kier alpha value is -11.7. The molecule has 532 valence electrons. The van der Waals surface area contributed by atoms with E-state index < -0.39 is 0 Å². The maximum Gasteiger partial charge on any atom is 0.0465 e.